The average Bonchev–Trinajstić information content (AvgIpc) is 2.87. The van der Waals surface area contributed by atoms with Gasteiger partial charge in [-0.25, -0.2) is 0 Å². The highest BCUT2D eigenvalue weighted by molar-refractivity contribution is 6.05. The van der Waals surface area contributed by atoms with E-state index >= 15 is 0 Å². The van der Waals surface area contributed by atoms with Crippen molar-refractivity contribution >= 4 is 29.5 Å². The van der Waals surface area contributed by atoms with E-state index in [0.29, 0.717) is 0 Å². The summed E-state index contributed by atoms with van der Waals surface area (Å²) in [5, 5.41) is 0. The Morgan fingerprint density at radius 3 is 1.86 bits per heavy atom. The first-order valence-electron chi connectivity index (χ1n) is 6.93. The van der Waals surface area contributed by atoms with E-state index in [9.17, 15) is 24.0 Å². The Hall–Kier alpha value is -2.25. The van der Waals surface area contributed by atoms with Crippen molar-refractivity contribution in [1.82, 2.24) is 14.7 Å². The molecule has 3 fully saturated rings. The normalized spacial score (nSPS) is 23.3. The minimum Gasteiger partial charge on any atom is -0.337 e. The van der Waals surface area contributed by atoms with E-state index in [0.717, 1.165) is 4.90 Å². The highest BCUT2D eigenvalue weighted by Crippen LogP contribution is 2.23. The van der Waals surface area contributed by atoms with E-state index in [-0.39, 0.29) is 80.9 Å². The number of amides is 5. The third-order valence-electron chi connectivity index (χ3n) is 4.12. The van der Waals surface area contributed by atoms with Gasteiger partial charge in [0.15, 0.2) is 0 Å². The van der Waals surface area contributed by atoms with Gasteiger partial charge < -0.3 is 4.90 Å². The van der Waals surface area contributed by atoms with Crippen LogP contribution in [0.25, 0.3) is 0 Å². The number of rotatable bonds is 3. The number of carbonyl (C=O) groups is 5. The van der Waals surface area contributed by atoms with Crippen molar-refractivity contribution in [3.05, 3.63) is 0 Å². The van der Waals surface area contributed by atoms with Gasteiger partial charge in [0.2, 0.25) is 29.5 Å². The monoisotopic (exact) mass is 293 g/mol. The first-order valence-corrected chi connectivity index (χ1v) is 6.93. The molecule has 0 unspecified atom stereocenters. The molecule has 0 aromatic heterocycles. The SMILES string of the molecule is O=C(CN1C(=O)CCC1=O)N1CC(N2C(=O)CCC2=O)C1. The number of hydrogen-bond acceptors (Lipinski definition) is 5. The summed E-state index contributed by atoms with van der Waals surface area (Å²) in [6.45, 7) is 0.325. The molecule has 0 bridgehead atoms. The molecule has 0 saturated carbocycles. The summed E-state index contributed by atoms with van der Waals surface area (Å²) < 4.78 is 0. The molecule has 112 valence electrons. The Kier molecular flexibility index (Phi) is 3.23. The molecule has 0 aromatic carbocycles. The standard InChI is InChI=1S/C13H15N3O5/c17-9-1-2-10(18)15(9)7-13(21)14-5-8(6-14)16-11(19)3-4-12(16)20/h8H,1-7H2. The summed E-state index contributed by atoms with van der Waals surface area (Å²) in [7, 11) is 0. The van der Waals surface area contributed by atoms with Gasteiger partial charge >= 0.3 is 0 Å². The van der Waals surface area contributed by atoms with Gasteiger partial charge in [-0.1, -0.05) is 0 Å². The Labute approximate surface area is 120 Å². The highest BCUT2D eigenvalue weighted by atomic mass is 16.2. The fourth-order valence-electron chi connectivity index (χ4n) is 2.86. The fourth-order valence-corrected chi connectivity index (χ4v) is 2.86. The van der Waals surface area contributed by atoms with Crippen LogP contribution in [0.1, 0.15) is 25.7 Å². The Bertz CT molecular complexity index is 520. The molecule has 5 amide bonds. The third kappa shape index (κ3) is 2.30. The Morgan fingerprint density at radius 1 is 0.857 bits per heavy atom. The summed E-state index contributed by atoms with van der Waals surface area (Å²) in [6, 6.07) is -0.263. The molecule has 3 heterocycles. The van der Waals surface area contributed by atoms with Crippen molar-refractivity contribution in [1.29, 1.82) is 0 Å². The van der Waals surface area contributed by atoms with E-state index < -0.39 is 0 Å². The van der Waals surface area contributed by atoms with Gasteiger partial charge in [-0.3, -0.25) is 33.8 Å². The molecule has 3 aliphatic rings. The summed E-state index contributed by atoms with van der Waals surface area (Å²) in [6.07, 6.45) is 0.789. The van der Waals surface area contributed by atoms with Gasteiger partial charge in [0.25, 0.3) is 0 Å². The quantitative estimate of drug-likeness (QED) is 0.590. The molecule has 8 nitrogen and oxygen atoms in total. The lowest BCUT2D eigenvalue weighted by Crippen LogP contribution is -2.63. The van der Waals surface area contributed by atoms with Crippen LogP contribution in [0.2, 0.25) is 0 Å². The second-order valence-corrected chi connectivity index (χ2v) is 5.48. The number of imide groups is 2. The maximum Gasteiger partial charge on any atom is 0.242 e. The van der Waals surface area contributed by atoms with E-state index in [1.807, 2.05) is 0 Å². The van der Waals surface area contributed by atoms with E-state index in [2.05, 4.69) is 0 Å². The molecule has 0 aromatic rings. The zero-order valence-electron chi connectivity index (χ0n) is 11.4. The summed E-state index contributed by atoms with van der Waals surface area (Å²) >= 11 is 0. The van der Waals surface area contributed by atoms with Crippen LogP contribution in [0.3, 0.4) is 0 Å². The summed E-state index contributed by atoms with van der Waals surface area (Å²) in [4.78, 5) is 61.7. The van der Waals surface area contributed by atoms with Gasteiger partial charge in [-0.15, -0.1) is 0 Å². The molecule has 0 radical (unpaired) electrons. The molecule has 0 aliphatic carbocycles. The molecule has 3 aliphatic heterocycles. The first kappa shape index (κ1) is 13.7. The van der Waals surface area contributed by atoms with Gasteiger partial charge in [0.05, 0.1) is 6.04 Å². The van der Waals surface area contributed by atoms with Crippen LogP contribution >= 0.6 is 0 Å². The lowest BCUT2D eigenvalue weighted by molar-refractivity contribution is -0.153. The molecule has 0 atom stereocenters. The lowest BCUT2D eigenvalue weighted by atomic mass is 10.1. The Balaban J connectivity index is 1.53. The van der Waals surface area contributed by atoms with Crippen molar-refractivity contribution in [3.63, 3.8) is 0 Å². The molecule has 8 heteroatoms. The van der Waals surface area contributed by atoms with Crippen molar-refractivity contribution in [3.8, 4) is 0 Å². The number of nitrogens with zero attached hydrogens (tertiary/aromatic N) is 3. The number of likely N-dealkylation sites (tertiary alicyclic amines) is 3. The first-order chi connectivity index (χ1) is 9.97. The number of hydrogen-bond donors (Lipinski definition) is 0. The van der Waals surface area contributed by atoms with Crippen LogP contribution in [-0.4, -0.2) is 69.9 Å². The largest absolute Gasteiger partial charge is 0.337 e. The van der Waals surface area contributed by atoms with Crippen LogP contribution in [0, 0.1) is 0 Å². The maximum atomic E-state index is 12.0. The fraction of sp³-hybridized carbons (Fsp3) is 0.615. The molecular formula is C13H15N3O5. The molecular weight excluding hydrogens is 278 g/mol. The molecule has 3 rings (SSSR count). The third-order valence-corrected chi connectivity index (χ3v) is 4.12. The number of carbonyl (C=O) groups excluding carboxylic acids is 5. The smallest absolute Gasteiger partial charge is 0.242 e. The van der Waals surface area contributed by atoms with Gasteiger partial charge in [0, 0.05) is 38.8 Å². The van der Waals surface area contributed by atoms with Gasteiger partial charge in [-0.2, -0.15) is 0 Å². The molecule has 0 N–H and O–H groups in total. The zero-order valence-corrected chi connectivity index (χ0v) is 11.4. The molecule has 0 spiro atoms. The van der Waals surface area contributed by atoms with Crippen molar-refractivity contribution < 1.29 is 24.0 Å². The predicted molar refractivity (Wildman–Crippen MR) is 67.4 cm³/mol. The second kappa shape index (κ2) is 4.94. The van der Waals surface area contributed by atoms with Crippen LogP contribution in [0.5, 0.6) is 0 Å². The Morgan fingerprint density at radius 2 is 1.33 bits per heavy atom. The molecule has 3 saturated heterocycles. The van der Waals surface area contributed by atoms with E-state index in [1.54, 1.807) is 0 Å². The topological polar surface area (TPSA) is 95.1 Å². The second-order valence-electron chi connectivity index (χ2n) is 5.48. The van der Waals surface area contributed by atoms with Crippen LogP contribution < -0.4 is 0 Å². The maximum absolute atomic E-state index is 12.0. The zero-order chi connectivity index (χ0) is 15.1. The summed E-state index contributed by atoms with van der Waals surface area (Å²) in [5.74, 6) is -1.36. The van der Waals surface area contributed by atoms with Crippen LogP contribution in [0.15, 0.2) is 0 Å². The highest BCUT2D eigenvalue weighted by Gasteiger charge is 2.43. The van der Waals surface area contributed by atoms with Crippen molar-refractivity contribution in [2.45, 2.75) is 31.7 Å². The van der Waals surface area contributed by atoms with E-state index in [1.165, 1.54) is 9.80 Å². The predicted octanol–water partition coefficient (Wildman–Crippen LogP) is -1.50. The van der Waals surface area contributed by atoms with Gasteiger partial charge in [-0.05, 0) is 0 Å². The molecule has 21 heavy (non-hydrogen) atoms. The van der Waals surface area contributed by atoms with Crippen molar-refractivity contribution in [2.75, 3.05) is 19.6 Å². The minimum atomic E-state index is -0.325. The van der Waals surface area contributed by atoms with Gasteiger partial charge in [0.1, 0.15) is 6.54 Å². The average molecular weight is 293 g/mol. The lowest BCUT2D eigenvalue weighted by Gasteiger charge is -2.43. The summed E-state index contributed by atoms with van der Waals surface area (Å²) in [5.41, 5.74) is 0. The van der Waals surface area contributed by atoms with Crippen molar-refractivity contribution in [2.24, 2.45) is 0 Å². The van der Waals surface area contributed by atoms with E-state index in [4.69, 9.17) is 0 Å². The minimum absolute atomic E-state index is 0.158. The van der Waals surface area contributed by atoms with Crippen LogP contribution in [0.4, 0.5) is 0 Å². The van der Waals surface area contributed by atoms with Crippen LogP contribution in [-0.2, 0) is 24.0 Å².